The summed E-state index contributed by atoms with van der Waals surface area (Å²) in [6.45, 7) is 4.94. The number of aromatic hydroxyl groups is 1. The topological polar surface area (TPSA) is 110 Å². The molecule has 0 spiro atoms. The van der Waals surface area contributed by atoms with Gasteiger partial charge in [-0.15, -0.1) is 0 Å². The van der Waals surface area contributed by atoms with Crippen LogP contribution in [-0.2, 0) is 14.4 Å². The Morgan fingerprint density at radius 3 is 2.67 bits per heavy atom. The number of fused-ring (bicyclic) bond motifs is 4. The van der Waals surface area contributed by atoms with Gasteiger partial charge in [0.15, 0.2) is 0 Å². The van der Waals surface area contributed by atoms with Crippen molar-refractivity contribution in [2.45, 2.75) is 70.4 Å². The van der Waals surface area contributed by atoms with Gasteiger partial charge in [-0.1, -0.05) is 25.8 Å². The first-order chi connectivity index (χ1) is 16.0. The van der Waals surface area contributed by atoms with E-state index in [9.17, 15) is 14.7 Å². The number of anilines is 1. The van der Waals surface area contributed by atoms with Crippen molar-refractivity contribution in [3.63, 3.8) is 0 Å². The Bertz CT molecular complexity index is 817. The molecular weight excluding hydrogens is 422 g/mol. The first-order valence-corrected chi connectivity index (χ1v) is 12.2. The molecule has 0 saturated carbocycles. The van der Waals surface area contributed by atoms with E-state index < -0.39 is 0 Å². The lowest BCUT2D eigenvalue weighted by Crippen LogP contribution is -2.64. The van der Waals surface area contributed by atoms with Crippen molar-refractivity contribution in [2.75, 3.05) is 25.0 Å². The molecule has 3 fully saturated rings. The minimum atomic E-state index is -0.250. The molecule has 4 rings (SSSR count). The third kappa shape index (κ3) is 6.47. The molecule has 3 N–H and O–H groups in total. The Labute approximate surface area is 195 Å². The summed E-state index contributed by atoms with van der Waals surface area (Å²) >= 11 is 0. The minimum Gasteiger partial charge on any atom is -0.508 e. The first-order valence-electron chi connectivity index (χ1n) is 12.2. The van der Waals surface area contributed by atoms with E-state index in [0.717, 1.165) is 13.1 Å². The van der Waals surface area contributed by atoms with Crippen molar-refractivity contribution in [3.8, 4) is 5.75 Å². The van der Waals surface area contributed by atoms with Crippen LogP contribution >= 0.6 is 0 Å². The molecule has 33 heavy (non-hydrogen) atoms. The van der Waals surface area contributed by atoms with Crippen LogP contribution < -0.4 is 5.32 Å². The maximum atomic E-state index is 13.0. The lowest BCUT2D eigenvalue weighted by atomic mass is 9.71. The van der Waals surface area contributed by atoms with Crippen molar-refractivity contribution >= 4 is 24.0 Å². The molecule has 0 radical (unpaired) electrons. The predicted molar refractivity (Wildman–Crippen MR) is 126 cm³/mol. The molecule has 1 aromatic carbocycles. The Kier molecular flexibility index (Phi) is 9.11. The van der Waals surface area contributed by atoms with Crippen molar-refractivity contribution < 1.29 is 24.6 Å². The van der Waals surface area contributed by atoms with Gasteiger partial charge in [-0.3, -0.25) is 19.3 Å². The van der Waals surface area contributed by atoms with Gasteiger partial charge in [-0.25, -0.2) is 0 Å². The van der Waals surface area contributed by atoms with Gasteiger partial charge in [0, 0.05) is 49.8 Å². The van der Waals surface area contributed by atoms with E-state index in [2.05, 4.69) is 22.0 Å². The summed E-state index contributed by atoms with van der Waals surface area (Å²) in [4.78, 5) is 38.4. The average molecular weight is 460 g/mol. The summed E-state index contributed by atoms with van der Waals surface area (Å²) in [7, 11) is 0. The van der Waals surface area contributed by atoms with Crippen LogP contribution in [0.4, 0.5) is 5.69 Å². The van der Waals surface area contributed by atoms with Crippen LogP contribution in [0.2, 0.25) is 0 Å². The number of hydrogen-bond donors (Lipinski definition) is 3. The number of piperidine rings is 3. The number of hydrogen-bond acceptors (Lipinski definition) is 5. The third-order valence-corrected chi connectivity index (χ3v) is 7.25. The van der Waals surface area contributed by atoms with Gasteiger partial charge < -0.3 is 20.4 Å². The quantitative estimate of drug-likeness (QED) is 0.563. The standard InChI is InChI=1S/C24H35N3O3.CH2O2/c1-2-6-21-17-13-18(22-9-3-4-12-27(21)22)16-26(15-17)24(30)11-10-23(29)25-19-7-5-8-20(28)14-19;2-1-3/h5,7-8,14,17-18,21-22,28H,2-4,6,9-13,15-16H2,1H3,(H,25,29);1H,(H,2,3)/t17-,18+,21-,22-;/m0./s1. The van der Waals surface area contributed by atoms with E-state index >= 15 is 0 Å². The molecular formula is C25H37N3O5. The van der Waals surface area contributed by atoms with E-state index in [-0.39, 0.29) is 36.9 Å². The minimum absolute atomic E-state index is 0.107. The normalized spacial score (nSPS) is 26.4. The number of phenols is 1. The van der Waals surface area contributed by atoms with Crippen LogP contribution in [0.3, 0.4) is 0 Å². The highest BCUT2D eigenvalue weighted by atomic mass is 16.3. The summed E-state index contributed by atoms with van der Waals surface area (Å²) < 4.78 is 0. The molecule has 3 heterocycles. The number of nitrogens with zero attached hydrogens (tertiary/aromatic N) is 2. The Hall–Kier alpha value is -2.61. The van der Waals surface area contributed by atoms with Crippen LogP contribution in [0, 0.1) is 11.8 Å². The lowest BCUT2D eigenvalue weighted by Gasteiger charge is -2.57. The summed E-state index contributed by atoms with van der Waals surface area (Å²) in [6.07, 6.45) is 7.99. The Morgan fingerprint density at radius 2 is 1.94 bits per heavy atom. The second-order valence-corrected chi connectivity index (χ2v) is 9.42. The number of carbonyl (C=O) groups excluding carboxylic acids is 2. The molecule has 0 aromatic heterocycles. The van der Waals surface area contributed by atoms with Gasteiger partial charge in [-0.2, -0.15) is 0 Å². The van der Waals surface area contributed by atoms with Crippen LogP contribution in [0.15, 0.2) is 24.3 Å². The zero-order valence-corrected chi connectivity index (χ0v) is 19.5. The molecule has 0 aliphatic carbocycles. The summed E-state index contributed by atoms with van der Waals surface area (Å²) in [5, 5.41) is 19.2. The SMILES string of the molecule is CCC[C@H]1[C@H]2C[C@H](CN(C(=O)CCC(=O)Nc3cccc(O)c3)C2)[C@@H]2CCCCN21.O=CO. The van der Waals surface area contributed by atoms with E-state index in [4.69, 9.17) is 9.90 Å². The number of phenolic OH excluding ortho intramolecular Hbond substituents is 1. The fraction of sp³-hybridized carbons (Fsp3) is 0.640. The second-order valence-electron chi connectivity index (χ2n) is 9.42. The second kappa shape index (κ2) is 12.0. The maximum Gasteiger partial charge on any atom is 0.290 e. The number of likely N-dealkylation sites (tertiary alicyclic amines) is 1. The molecule has 8 nitrogen and oxygen atoms in total. The molecule has 3 aliphatic heterocycles. The van der Waals surface area contributed by atoms with Crippen molar-refractivity contribution in [2.24, 2.45) is 11.8 Å². The number of carbonyl (C=O) groups is 3. The Balaban J connectivity index is 0.000000968. The van der Waals surface area contributed by atoms with E-state index in [1.807, 2.05) is 0 Å². The third-order valence-electron chi connectivity index (χ3n) is 7.25. The molecule has 2 bridgehead atoms. The highest BCUT2D eigenvalue weighted by Gasteiger charge is 2.47. The number of nitrogens with one attached hydrogen (secondary N) is 1. The van der Waals surface area contributed by atoms with Gasteiger partial charge in [0.2, 0.25) is 11.8 Å². The average Bonchev–Trinajstić information content (AvgIpc) is 2.80. The molecule has 3 saturated heterocycles. The van der Waals surface area contributed by atoms with E-state index in [1.165, 1.54) is 51.1 Å². The molecule has 182 valence electrons. The first kappa shape index (κ1) is 25.0. The van der Waals surface area contributed by atoms with Gasteiger partial charge in [0.1, 0.15) is 5.75 Å². The fourth-order valence-corrected chi connectivity index (χ4v) is 5.99. The van der Waals surface area contributed by atoms with Crippen molar-refractivity contribution in [1.29, 1.82) is 0 Å². The van der Waals surface area contributed by atoms with Gasteiger partial charge in [-0.05, 0) is 56.2 Å². The molecule has 4 atom stereocenters. The zero-order chi connectivity index (χ0) is 23.8. The molecule has 3 aliphatic rings. The number of rotatable bonds is 6. The van der Waals surface area contributed by atoms with Crippen molar-refractivity contribution in [1.82, 2.24) is 9.80 Å². The van der Waals surface area contributed by atoms with Crippen molar-refractivity contribution in [3.05, 3.63) is 24.3 Å². The van der Waals surface area contributed by atoms with E-state index in [0.29, 0.717) is 29.6 Å². The van der Waals surface area contributed by atoms with Gasteiger partial charge in [0.25, 0.3) is 6.47 Å². The molecule has 2 amide bonds. The molecule has 8 heteroatoms. The number of amides is 2. The Morgan fingerprint density at radius 1 is 1.18 bits per heavy atom. The number of benzene rings is 1. The van der Waals surface area contributed by atoms with Gasteiger partial charge in [0.05, 0.1) is 0 Å². The van der Waals surface area contributed by atoms with Crippen LogP contribution in [0.5, 0.6) is 5.75 Å². The number of carboxylic acid groups (broad SMARTS) is 1. The predicted octanol–water partition coefficient (Wildman–Crippen LogP) is 3.31. The lowest BCUT2D eigenvalue weighted by molar-refractivity contribution is -0.142. The smallest absolute Gasteiger partial charge is 0.290 e. The highest BCUT2D eigenvalue weighted by molar-refractivity contribution is 5.93. The highest BCUT2D eigenvalue weighted by Crippen LogP contribution is 2.42. The van der Waals surface area contributed by atoms with E-state index in [1.54, 1.807) is 18.2 Å². The molecule has 1 aromatic rings. The summed E-state index contributed by atoms with van der Waals surface area (Å²) in [5.74, 6) is 1.19. The fourth-order valence-electron chi connectivity index (χ4n) is 5.99. The summed E-state index contributed by atoms with van der Waals surface area (Å²) in [5.41, 5.74) is 0.555. The largest absolute Gasteiger partial charge is 0.508 e. The van der Waals surface area contributed by atoms with Crippen LogP contribution in [-0.4, -0.2) is 70.0 Å². The molecule has 0 unspecified atom stereocenters. The summed E-state index contributed by atoms with van der Waals surface area (Å²) in [6, 6.07) is 7.73. The zero-order valence-electron chi connectivity index (χ0n) is 19.5. The van der Waals surface area contributed by atoms with Gasteiger partial charge >= 0.3 is 0 Å². The maximum absolute atomic E-state index is 13.0. The monoisotopic (exact) mass is 459 g/mol. The van der Waals surface area contributed by atoms with Crippen LogP contribution in [0.25, 0.3) is 0 Å². The van der Waals surface area contributed by atoms with Crippen LogP contribution in [0.1, 0.15) is 58.3 Å².